The first-order valence-corrected chi connectivity index (χ1v) is 35.5. The molecule has 24 nitrogen and oxygen atoms in total. The van der Waals surface area contributed by atoms with E-state index in [0.29, 0.717) is 69.4 Å². The highest BCUT2D eigenvalue weighted by Crippen LogP contribution is 2.76. The number of unbranched alkanes of at least 4 members (excludes halogenated alkanes) is 5. The van der Waals surface area contributed by atoms with Gasteiger partial charge in [0.05, 0.1) is 36.4 Å². The summed E-state index contributed by atoms with van der Waals surface area (Å²) >= 11 is 0. The van der Waals surface area contributed by atoms with Crippen LogP contribution in [0, 0.1) is 56.1 Å². The van der Waals surface area contributed by atoms with E-state index >= 15 is 4.79 Å². The van der Waals surface area contributed by atoms with Crippen LogP contribution in [0.4, 0.5) is 4.39 Å². The van der Waals surface area contributed by atoms with E-state index in [2.05, 4.69) is 46.0 Å². The number of carbonyl (C=O) groups is 3. The van der Waals surface area contributed by atoms with Crippen molar-refractivity contribution in [2.45, 2.75) is 287 Å². The Morgan fingerprint density at radius 3 is 1.92 bits per heavy atom. The molecule has 2 aromatic carbocycles. The van der Waals surface area contributed by atoms with E-state index in [4.69, 9.17) is 42.6 Å². The van der Waals surface area contributed by atoms with Crippen LogP contribution in [0.25, 0.3) is 0 Å². The van der Waals surface area contributed by atoms with Crippen molar-refractivity contribution in [1.82, 2.24) is 5.32 Å². The van der Waals surface area contributed by atoms with Crippen molar-refractivity contribution >= 4 is 18.2 Å². The molecule has 5 aliphatic carbocycles. The second-order valence-electron chi connectivity index (χ2n) is 31.6. The van der Waals surface area contributed by atoms with Crippen LogP contribution in [0.15, 0.2) is 60.2 Å². The molecule has 9 aliphatic rings. The Kier molecular flexibility index (Phi) is 22.6. The summed E-state index contributed by atoms with van der Waals surface area (Å²) < 4.78 is 67.5. The highest BCUT2D eigenvalue weighted by molar-refractivity contribution is 5.82. The van der Waals surface area contributed by atoms with Gasteiger partial charge in [-0.25, -0.2) is 4.39 Å². The average molecular weight is 1380 g/mol. The predicted molar refractivity (Wildman–Crippen MR) is 346 cm³/mol. The normalized spacial score (nSPS) is 45.3. The third-order valence-electron chi connectivity index (χ3n) is 25.1. The van der Waals surface area contributed by atoms with Crippen molar-refractivity contribution < 1.29 is 118 Å². The summed E-state index contributed by atoms with van der Waals surface area (Å²) in [7, 11) is 0. The number of rotatable bonds is 21. The van der Waals surface area contributed by atoms with Crippen LogP contribution in [-0.2, 0) is 58.7 Å². The average Bonchev–Trinajstić information content (AvgIpc) is 0.686. The van der Waals surface area contributed by atoms with Gasteiger partial charge in [0.1, 0.15) is 96.2 Å². The third kappa shape index (κ3) is 14.0. The van der Waals surface area contributed by atoms with Gasteiger partial charge in [-0.05, 0) is 172 Å². The molecule has 8 fully saturated rings. The van der Waals surface area contributed by atoms with Gasteiger partial charge in [-0.2, -0.15) is 0 Å². The number of carbonyl (C=O) groups excluding carboxylic acids is 3. The zero-order valence-electron chi connectivity index (χ0n) is 57.6. The minimum Gasteiger partial charge on any atom is -0.457 e. The number of aldehydes is 1. The van der Waals surface area contributed by atoms with E-state index in [1.54, 1.807) is 12.1 Å². The Morgan fingerprint density at radius 2 is 1.22 bits per heavy atom. The molecule has 548 valence electrons. The highest BCUT2D eigenvalue weighted by atomic mass is 19.1. The van der Waals surface area contributed by atoms with E-state index in [0.717, 1.165) is 50.4 Å². The molecule has 98 heavy (non-hydrogen) atoms. The molecule has 0 aromatic heterocycles. The standard InChI is InChI=1S/C73H106FNO23/c1-37-50(79)53(82)61(97-64-58(87)55(84)59(38(2)92-64)95-63-56(85)51(80)45(77)35-90-63)66(91-37)98-67(89)73-31-30-68(3,4)33-44(73)43-24-25-47-69(5)28-27-49(70(6,36-76)46(69)26-29-71(47,7)72(43,8)34-48(73)78)94-65-57(86)52(81)54(83)60(96-65)62(88)75-32-14-12-10-9-11-13-15-39-16-20-41(21-17-39)93-42-22-18-40(74)19-23-42/h16-24,36-38,44-61,63-66,77-87H,9-15,25-35H2,1-8H3,(H,75,88)/t37?,38?,44?,45-,46-,47?,48?,49+,50+,51+,52+,53+,54+,55-,56?,57?,58?,59+,60?,61?,63+,64+,65-,66+,69?,70-,71+,72-,73-/m1/s1. The molecule has 0 bridgehead atoms. The SMILES string of the molecule is CC1O[C@@H](OC(=O)[C@]23CCC(C)(C)CC2C2=CCC4C5(C)CC[C@H](O[C@@H]6OC(C(=O)NCCCCCCCCc7ccc(Oc8ccc(F)cc8)cc7)[C@@H](O)[C@H](O)C6O)[C@](C)(C=O)[C@@H]5CC[C@]4(C)[C@]2(C)CC3O)C(O[C@@H]2OC(C)[C@H](O[C@@H]3OC[C@@H](O)[C@H](O)C3O)[C@H](O)C2O)[C@@H](O)[C@H]1O. The van der Waals surface area contributed by atoms with Crippen LogP contribution < -0.4 is 10.1 Å². The number of halogens is 1. The van der Waals surface area contributed by atoms with Gasteiger partial charge in [0.2, 0.25) is 6.29 Å². The van der Waals surface area contributed by atoms with Crippen LogP contribution in [0.5, 0.6) is 11.5 Å². The number of allylic oxidation sites excluding steroid dienone is 2. The van der Waals surface area contributed by atoms with Crippen LogP contribution >= 0.6 is 0 Å². The zero-order valence-corrected chi connectivity index (χ0v) is 57.6. The molecule has 12 N–H and O–H groups in total. The Morgan fingerprint density at radius 1 is 0.612 bits per heavy atom. The molecule has 0 radical (unpaired) electrons. The number of hydrogen-bond acceptors (Lipinski definition) is 23. The lowest BCUT2D eigenvalue weighted by molar-refractivity contribution is -0.373. The van der Waals surface area contributed by atoms with Gasteiger partial charge in [0.15, 0.2) is 31.1 Å². The molecule has 29 atom stereocenters. The Balaban J connectivity index is 0.719. The van der Waals surface area contributed by atoms with Gasteiger partial charge in [-0.3, -0.25) is 9.59 Å². The number of aliphatic hydroxyl groups excluding tert-OH is 11. The molecular weight excluding hydrogens is 1280 g/mol. The number of aryl methyl sites for hydroxylation is 1. The lowest BCUT2D eigenvalue weighted by Crippen LogP contribution is -2.69. The van der Waals surface area contributed by atoms with Gasteiger partial charge >= 0.3 is 5.97 Å². The number of hydrogen-bond donors (Lipinski definition) is 12. The maximum Gasteiger partial charge on any atom is 0.317 e. The van der Waals surface area contributed by atoms with E-state index in [1.165, 1.54) is 31.5 Å². The van der Waals surface area contributed by atoms with E-state index < -0.39 is 180 Å². The Bertz CT molecular complexity index is 3110. The first-order chi connectivity index (χ1) is 46.3. The molecule has 0 spiro atoms. The second-order valence-corrected chi connectivity index (χ2v) is 31.6. The van der Waals surface area contributed by atoms with Crippen LogP contribution in [-0.4, -0.2) is 216 Å². The summed E-state index contributed by atoms with van der Waals surface area (Å²) in [6.07, 6.45) is -18.9. The molecule has 4 saturated heterocycles. The molecule has 4 saturated carbocycles. The first-order valence-electron chi connectivity index (χ1n) is 35.5. The summed E-state index contributed by atoms with van der Waals surface area (Å²) in [5.41, 5.74) is -2.44. The maximum atomic E-state index is 15.6. The summed E-state index contributed by atoms with van der Waals surface area (Å²) in [5, 5.41) is 126. The van der Waals surface area contributed by atoms with Crippen LogP contribution in [0.3, 0.4) is 0 Å². The summed E-state index contributed by atoms with van der Waals surface area (Å²) in [4.78, 5) is 43.1. The fraction of sp³-hybridized carbons (Fsp3) is 0.767. The molecule has 1 amide bonds. The fourth-order valence-electron chi connectivity index (χ4n) is 18.9. The van der Waals surface area contributed by atoms with Crippen molar-refractivity contribution in [2.24, 2.45) is 50.2 Å². The zero-order chi connectivity index (χ0) is 70.8. The van der Waals surface area contributed by atoms with Gasteiger partial charge in [0.25, 0.3) is 5.91 Å². The summed E-state index contributed by atoms with van der Waals surface area (Å²) in [6.45, 7) is 15.7. The molecule has 4 heterocycles. The number of nitrogens with one attached hydrogen (secondary N) is 1. The van der Waals surface area contributed by atoms with Crippen molar-refractivity contribution in [3.8, 4) is 11.5 Å². The number of amides is 1. The van der Waals surface area contributed by atoms with Gasteiger partial charge < -0.3 is 109 Å². The minimum atomic E-state index is -1.91. The largest absolute Gasteiger partial charge is 0.457 e. The number of ether oxygens (including phenoxy) is 9. The number of benzene rings is 2. The van der Waals surface area contributed by atoms with Crippen LogP contribution in [0.1, 0.15) is 157 Å². The summed E-state index contributed by atoms with van der Waals surface area (Å²) in [6, 6.07) is 13.7. The van der Waals surface area contributed by atoms with Crippen molar-refractivity contribution in [3.63, 3.8) is 0 Å². The molecule has 2 aromatic rings. The van der Waals surface area contributed by atoms with E-state index in [-0.39, 0.29) is 35.9 Å². The van der Waals surface area contributed by atoms with Crippen molar-refractivity contribution in [3.05, 3.63) is 71.6 Å². The molecule has 11 unspecified atom stereocenters. The van der Waals surface area contributed by atoms with Gasteiger partial charge in [-0.1, -0.05) is 91.0 Å². The number of aliphatic hydroxyl groups is 11. The minimum absolute atomic E-state index is 0.0439. The Hall–Kier alpha value is -4.20. The van der Waals surface area contributed by atoms with Crippen LogP contribution in [0.2, 0.25) is 0 Å². The topological polar surface area (TPSA) is 369 Å². The third-order valence-corrected chi connectivity index (χ3v) is 25.1. The first kappa shape index (κ1) is 75.0. The quantitative estimate of drug-likeness (QED) is 0.0270. The molecule has 11 rings (SSSR count). The number of esters is 1. The molecular formula is C73H106FNO23. The lowest BCUT2D eigenvalue weighted by atomic mass is 9.33. The smallest absolute Gasteiger partial charge is 0.317 e. The Labute approximate surface area is 572 Å². The van der Waals surface area contributed by atoms with E-state index in [9.17, 15) is 70.2 Å². The highest BCUT2D eigenvalue weighted by Gasteiger charge is 2.73. The maximum absolute atomic E-state index is 15.6. The van der Waals surface area contributed by atoms with Gasteiger partial charge in [0, 0.05) is 6.54 Å². The summed E-state index contributed by atoms with van der Waals surface area (Å²) in [5.74, 6) is -1.41. The fourth-order valence-corrected chi connectivity index (χ4v) is 18.9. The van der Waals surface area contributed by atoms with Crippen molar-refractivity contribution in [1.29, 1.82) is 0 Å². The van der Waals surface area contributed by atoms with Crippen molar-refractivity contribution in [2.75, 3.05) is 13.2 Å². The molecule has 4 aliphatic heterocycles. The monoisotopic (exact) mass is 1380 g/mol. The predicted octanol–water partition coefficient (Wildman–Crippen LogP) is 4.45. The van der Waals surface area contributed by atoms with E-state index in [1.807, 2.05) is 31.2 Å². The number of fused-ring (bicyclic) bond motifs is 7. The van der Waals surface area contributed by atoms with Gasteiger partial charge in [-0.15, -0.1) is 0 Å². The lowest BCUT2D eigenvalue weighted by Gasteiger charge is -2.71. The second kappa shape index (κ2) is 29.5. The molecule has 25 heteroatoms.